The van der Waals surface area contributed by atoms with Crippen molar-refractivity contribution in [3.8, 4) is 11.5 Å². The van der Waals surface area contributed by atoms with E-state index in [9.17, 15) is 71.7 Å². The van der Waals surface area contributed by atoms with Crippen molar-refractivity contribution in [1.82, 2.24) is 0 Å². The van der Waals surface area contributed by atoms with E-state index in [4.69, 9.17) is 23.2 Å². The fourth-order valence-electron chi connectivity index (χ4n) is 5.08. The largest absolute Gasteiger partial charge is 1.00 e. The fourth-order valence-corrected chi connectivity index (χ4v) is 8.16. The van der Waals surface area contributed by atoms with Crippen molar-refractivity contribution in [1.29, 1.82) is 0 Å². The Labute approximate surface area is 361 Å². The quantitative estimate of drug-likeness (QED) is 0.0686. The molecule has 27 heteroatoms. The number of hydrazone groups is 2. The smallest absolute Gasteiger partial charge is 0.506 e. The first-order valence-corrected chi connectivity index (χ1v) is 21.6. The molecule has 2 aliphatic carbocycles. The van der Waals surface area contributed by atoms with Gasteiger partial charge in [-0.2, -0.15) is 43.9 Å². The molecule has 0 radical (unpaired) electrons. The normalized spacial score (nSPS) is 15.2. The van der Waals surface area contributed by atoms with Crippen molar-refractivity contribution in [3.05, 3.63) is 105 Å². The number of fused-ring (bicyclic) bond motifs is 2. The van der Waals surface area contributed by atoms with Gasteiger partial charge in [0, 0.05) is 38.5 Å². The molecule has 2 aliphatic rings. The summed E-state index contributed by atoms with van der Waals surface area (Å²) in [7, 11) is -19.7. The molecule has 0 heterocycles. The second kappa shape index (κ2) is 17.3. The number of carbonyl (C=O) groups is 2. The maximum absolute atomic E-state index is 12.3. The van der Waals surface area contributed by atoms with Gasteiger partial charge in [0.1, 0.15) is 32.7 Å². The number of anilines is 2. The van der Waals surface area contributed by atoms with E-state index >= 15 is 0 Å². The molecule has 0 atom stereocenters. The molecule has 0 aromatic heterocycles. The zero-order chi connectivity index (χ0) is 43.1. The summed E-state index contributed by atoms with van der Waals surface area (Å²) in [5.74, 6) is -2.07. The molecule has 20 nitrogen and oxygen atoms in total. The van der Waals surface area contributed by atoms with Crippen LogP contribution < -0.4 is 10.9 Å². The van der Waals surface area contributed by atoms with Gasteiger partial charge in [0.25, 0.3) is 40.5 Å². The van der Waals surface area contributed by atoms with Gasteiger partial charge in [-0.25, -0.2) is 0 Å². The van der Waals surface area contributed by atoms with Crippen LogP contribution in [0.2, 0.25) is 10.0 Å². The van der Waals surface area contributed by atoms with Crippen LogP contribution in [0.1, 0.15) is 29.4 Å². The van der Waals surface area contributed by atoms with E-state index in [1.807, 2.05) is 0 Å². The molecule has 8 N–H and O–H groups in total. The molecule has 0 spiro atoms. The third-order valence-corrected chi connectivity index (χ3v) is 11.5. The Bertz CT molecular complexity index is 2870. The summed E-state index contributed by atoms with van der Waals surface area (Å²) in [6.45, 7) is 0. The maximum Gasteiger partial charge on any atom is 1.00 e. The number of nitrogens with one attached hydrogen (secondary N) is 2. The Hall–Kier alpha value is -5.01. The molecule has 0 saturated heterocycles. The maximum atomic E-state index is 12.3. The summed E-state index contributed by atoms with van der Waals surface area (Å²) in [5.41, 5.74) is 2.77. The average molecular weight is 975 g/mol. The predicted octanol–water partition coefficient (Wildman–Crippen LogP) is 4.46. The standard InChI is InChI=1S/2C16H11ClN2O8S2.Cr/c2*17-9-2-4-12(20)11(6-9)18-19-16-13(21)3-1-8-5-10(28(22,23)24)7-14(15(8)16)29(25,26)27;/h2*1-7,18,20H,(H,22,23,24)(H,25,26,27);/p+5. The summed E-state index contributed by atoms with van der Waals surface area (Å²) in [6.07, 6.45) is 4.19. The third-order valence-electron chi connectivity index (χ3n) is 7.63. The SMILES string of the molecule is O=C1C=Cc2cc(S(=O)(=O)O)cc(S(=O)(=O)O)c2C1=NNc1cc(Cl)ccc1O.O=C1C=Cc2cc(S(=O)(=O)O)cc(S(=O)(=O)O)c2C1=NNc1cc(Cl)ccc1O.[Cr].[H+].[H+].[H+].[H+].[H+]. The zero-order valence-electron chi connectivity index (χ0n) is 33.5. The van der Waals surface area contributed by atoms with Crippen LogP contribution in [0.25, 0.3) is 12.2 Å². The molecule has 0 saturated carbocycles. The summed E-state index contributed by atoms with van der Waals surface area (Å²) in [5, 5.41) is 27.7. The monoisotopic (exact) mass is 973 g/mol. The number of ketones is 2. The van der Waals surface area contributed by atoms with Gasteiger partial charge < -0.3 is 10.2 Å². The summed E-state index contributed by atoms with van der Waals surface area (Å²) in [6, 6.07) is 10.7. The van der Waals surface area contributed by atoms with Crippen molar-refractivity contribution in [3.63, 3.8) is 0 Å². The topological polar surface area (TPSA) is 341 Å². The number of aromatic hydroxyl groups is 2. The second-order valence-corrected chi connectivity index (χ2v) is 18.0. The number of benzene rings is 4. The minimum Gasteiger partial charge on any atom is -0.506 e. The molecule has 0 fully saturated rings. The van der Waals surface area contributed by atoms with Crippen molar-refractivity contribution in [2.24, 2.45) is 10.2 Å². The molecule has 310 valence electrons. The number of halogens is 2. The molecule has 4 aromatic rings. The number of hydrogen-bond donors (Lipinski definition) is 8. The van der Waals surface area contributed by atoms with Crippen molar-refractivity contribution in [2.45, 2.75) is 19.6 Å². The summed E-state index contributed by atoms with van der Waals surface area (Å²) < 4.78 is 131. The third kappa shape index (κ3) is 10.8. The Kier molecular flexibility index (Phi) is 13.7. The first-order valence-electron chi connectivity index (χ1n) is 15.1. The van der Waals surface area contributed by atoms with E-state index in [2.05, 4.69) is 21.1 Å². The van der Waals surface area contributed by atoms with Gasteiger partial charge in [0.05, 0.1) is 21.2 Å². The Morgan fingerprint density at radius 3 is 1.15 bits per heavy atom. The van der Waals surface area contributed by atoms with Crippen LogP contribution in [0, 0.1) is 0 Å². The molecule has 0 amide bonds. The predicted molar refractivity (Wildman–Crippen MR) is 212 cm³/mol. The Morgan fingerprint density at radius 1 is 0.508 bits per heavy atom. The number of carbonyl (C=O) groups excluding carboxylic acids is 2. The first-order chi connectivity index (χ1) is 26.8. The van der Waals surface area contributed by atoms with Crippen LogP contribution in [0.3, 0.4) is 0 Å². The van der Waals surface area contributed by atoms with E-state index in [0.29, 0.717) is 12.1 Å². The van der Waals surface area contributed by atoms with Crippen molar-refractivity contribution < 1.29 is 96.2 Å². The number of hydrogen-bond acceptors (Lipinski definition) is 16. The van der Waals surface area contributed by atoms with Gasteiger partial charge in [-0.1, -0.05) is 35.4 Å². The summed E-state index contributed by atoms with van der Waals surface area (Å²) in [4.78, 5) is 21.1. The molecule has 0 aliphatic heterocycles. The molecule has 0 bridgehead atoms. The Morgan fingerprint density at radius 2 is 0.847 bits per heavy atom. The minimum atomic E-state index is -5.02. The zero-order valence-corrected chi connectivity index (χ0v) is 34.6. The molecule has 0 unspecified atom stereocenters. The van der Waals surface area contributed by atoms with Crippen molar-refractivity contribution in [2.75, 3.05) is 10.9 Å². The Balaban J connectivity index is 0. The van der Waals surface area contributed by atoms with Gasteiger partial charge in [-0.05, 0) is 83.9 Å². The van der Waals surface area contributed by atoms with Crippen molar-refractivity contribution >= 4 is 110 Å². The number of nitrogens with zero attached hydrogens (tertiary/aromatic N) is 2. The fraction of sp³-hybridized carbons (Fsp3) is 0. The van der Waals surface area contributed by atoms with Crippen LogP contribution in [0.15, 0.2) is 103 Å². The van der Waals surface area contributed by atoms with E-state index in [-0.39, 0.29) is 79.7 Å². The van der Waals surface area contributed by atoms with Gasteiger partial charge in [0.2, 0.25) is 11.6 Å². The van der Waals surface area contributed by atoms with E-state index in [0.717, 1.165) is 36.4 Å². The minimum absolute atomic E-state index is 0. The first kappa shape index (κ1) is 46.7. The van der Waals surface area contributed by atoms with Gasteiger partial charge in [-0.3, -0.25) is 38.7 Å². The number of allylic oxidation sites excluding steroid dienone is 2. The molecular weight excluding hydrogens is 948 g/mol. The van der Waals surface area contributed by atoms with Crippen LogP contribution >= 0.6 is 23.2 Å². The molecule has 6 rings (SSSR count). The summed E-state index contributed by atoms with van der Waals surface area (Å²) >= 11 is 11.6. The number of rotatable bonds is 8. The average Bonchev–Trinajstić information content (AvgIpc) is 3.11. The number of phenolic OH excluding ortho intramolecular Hbond substituents is 2. The van der Waals surface area contributed by atoms with Crippen LogP contribution in [-0.4, -0.2) is 85.1 Å². The van der Waals surface area contributed by atoms with E-state index in [1.165, 1.54) is 36.4 Å². The van der Waals surface area contributed by atoms with Gasteiger partial charge in [0.15, 0.2) is 0 Å². The molecule has 4 aromatic carbocycles. The van der Waals surface area contributed by atoms with Gasteiger partial charge in [-0.15, -0.1) is 0 Å². The second-order valence-electron chi connectivity index (χ2n) is 11.5. The molecule has 59 heavy (non-hydrogen) atoms. The number of phenols is 2. The van der Waals surface area contributed by atoms with E-state index in [1.54, 1.807) is 0 Å². The van der Waals surface area contributed by atoms with Gasteiger partial charge >= 0.3 is 7.13 Å². The van der Waals surface area contributed by atoms with E-state index < -0.39 is 83.0 Å². The van der Waals surface area contributed by atoms with Crippen LogP contribution in [0.4, 0.5) is 11.4 Å². The van der Waals surface area contributed by atoms with Crippen LogP contribution in [0.5, 0.6) is 11.5 Å². The molecular formula is C32H27Cl2CrN4O16S4+5. The van der Waals surface area contributed by atoms with Crippen LogP contribution in [-0.2, 0) is 67.4 Å².